The minimum absolute atomic E-state index is 0.359. The molecule has 1 rings (SSSR count). The molecule has 72 valence electrons. The molecule has 0 N–H and O–H groups in total. The first-order chi connectivity index (χ1) is 5.86. The van der Waals surface area contributed by atoms with E-state index in [0.29, 0.717) is 12.0 Å². The number of ether oxygens (including phenoxy) is 2. The van der Waals surface area contributed by atoms with E-state index >= 15 is 0 Å². The van der Waals surface area contributed by atoms with Gasteiger partial charge in [-0.3, -0.25) is 0 Å². The highest BCUT2D eigenvalue weighted by molar-refractivity contribution is 9.09. The summed E-state index contributed by atoms with van der Waals surface area (Å²) in [4.78, 5) is 0. The highest BCUT2D eigenvalue weighted by Crippen LogP contribution is 2.12. The molecule has 0 bridgehead atoms. The fourth-order valence-electron chi connectivity index (χ4n) is 1.19. The number of rotatable bonds is 5. The second-order valence-electron chi connectivity index (χ2n) is 3.25. The second-order valence-corrected chi connectivity index (χ2v) is 3.89. The fraction of sp³-hybridized carbons (Fsp3) is 1.00. The maximum absolute atomic E-state index is 5.69. The monoisotopic (exact) mass is 236 g/mol. The summed E-state index contributed by atoms with van der Waals surface area (Å²) in [6.45, 7) is 4.73. The van der Waals surface area contributed by atoms with E-state index in [-0.39, 0.29) is 0 Å². The molecule has 1 fully saturated rings. The summed E-state index contributed by atoms with van der Waals surface area (Å²) in [5.41, 5.74) is 0. The van der Waals surface area contributed by atoms with Gasteiger partial charge in [0, 0.05) is 11.9 Å². The summed E-state index contributed by atoms with van der Waals surface area (Å²) in [5, 5.41) is 1.04. The van der Waals surface area contributed by atoms with E-state index in [2.05, 4.69) is 22.9 Å². The molecule has 0 aliphatic carbocycles. The van der Waals surface area contributed by atoms with Gasteiger partial charge < -0.3 is 9.47 Å². The van der Waals surface area contributed by atoms with Crippen molar-refractivity contribution < 1.29 is 9.47 Å². The Morgan fingerprint density at radius 3 is 3.00 bits per heavy atom. The van der Waals surface area contributed by atoms with E-state index in [1.807, 2.05) is 0 Å². The van der Waals surface area contributed by atoms with Gasteiger partial charge in [0.1, 0.15) is 0 Å². The van der Waals surface area contributed by atoms with Crippen LogP contribution >= 0.6 is 15.9 Å². The van der Waals surface area contributed by atoms with Crippen LogP contribution in [0.1, 0.15) is 19.8 Å². The Balaban J connectivity index is 2.06. The van der Waals surface area contributed by atoms with Crippen LogP contribution < -0.4 is 0 Å². The van der Waals surface area contributed by atoms with E-state index < -0.39 is 0 Å². The van der Waals surface area contributed by atoms with E-state index in [0.717, 1.165) is 31.6 Å². The summed E-state index contributed by atoms with van der Waals surface area (Å²) in [7, 11) is 0. The average molecular weight is 237 g/mol. The normalized spacial score (nSPS) is 26.0. The molecule has 2 atom stereocenters. The van der Waals surface area contributed by atoms with Gasteiger partial charge in [-0.1, -0.05) is 29.3 Å². The third-order valence-electron chi connectivity index (χ3n) is 2.25. The van der Waals surface area contributed by atoms with Crippen molar-refractivity contribution in [2.75, 3.05) is 25.2 Å². The van der Waals surface area contributed by atoms with Crippen LogP contribution in [0.4, 0.5) is 0 Å². The Kier molecular flexibility index (Phi) is 5.19. The van der Waals surface area contributed by atoms with Gasteiger partial charge >= 0.3 is 0 Å². The Bertz CT molecular complexity index is 107. The van der Waals surface area contributed by atoms with Crippen molar-refractivity contribution in [3.05, 3.63) is 0 Å². The minimum atomic E-state index is 0.359. The molecule has 0 radical (unpaired) electrons. The van der Waals surface area contributed by atoms with E-state index in [1.165, 1.54) is 6.42 Å². The van der Waals surface area contributed by atoms with Crippen LogP contribution in [0.5, 0.6) is 0 Å². The summed E-state index contributed by atoms with van der Waals surface area (Å²) in [5.74, 6) is 0.658. The summed E-state index contributed by atoms with van der Waals surface area (Å²) in [6, 6.07) is 0. The van der Waals surface area contributed by atoms with Gasteiger partial charge in [-0.05, 0) is 12.3 Å². The van der Waals surface area contributed by atoms with Crippen molar-refractivity contribution in [1.29, 1.82) is 0 Å². The number of hydrogen-bond donors (Lipinski definition) is 0. The molecule has 1 heterocycles. The lowest BCUT2D eigenvalue weighted by atomic mass is 10.1. The maximum atomic E-state index is 5.69. The Hall–Kier alpha value is 0.400. The molecule has 2 nitrogen and oxygen atoms in total. The van der Waals surface area contributed by atoms with Crippen molar-refractivity contribution in [2.45, 2.75) is 25.9 Å². The van der Waals surface area contributed by atoms with Gasteiger partial charge in [0.15, 0.2) is 0 Å². The standard InChI is InChI=1S/C9H17BrO2/c1-2-8(5-10)6-12-9-3-4-11-7-9/h8-9H,2-7H2,1H3. The quantitative estimate of drug-likeness (QED) is 0.682. The van der Waals surface area contributed by atoms with Gasteiger partial charge in [-0.25, -0.2) is 0 Å². The van der Waals surface area contributed by atoms with Crippen molar-refractivity contribution >= 4 is 15.9 Å². The first kappa shape index (κ1) is 10.5. The van der Waals surface area contributed by atoms with Crippen molar-refractivity contribution in [3.63, 3.8) is 0 Å². The molecular weight excluding hydrogens is 220 g/mol. The smallest absolute Gasteiger partial charge is 0.0830 e. The molecular formula is C9H17BrO2. The van der Waals surface area contributed by atoms with Crippen LogP contribution in [0.15, 0.2) is 0 Å². The largest absolute Gasteiger partial charge is 0.379 e. The zero-order chi connectivity index (χ0) is 8.81. The number of hydrogen-bond acceptors (Lipinski definition) is 2. The van der Waals surface area contributed by atoms with Crippen LogP contribution in [0.2, 0.25) is 0 Å². The molecule has 0 spiro atoms. The van der Waals surface area contributed by atoms with Crippen LogP contribution in [-0.2, 0) is 9.47 Å². The van der Waals surface area contributed by atoms with Gasteiger partial charge in [0.25, 0.3) is 0 Å². The first-order valence-corrected chi connectivity index (χ1v) is 5.74. The predicted octanol–water partition coefficient (Wildman–Crippen LogP) is 2.21. The zero-order valence-electron chi connectivity index (χ0n) is 7.59. The average Bonchev–Trinajstić information content (AvgIpc) is 2.59. The van der Waals surface area contributed by atoms with Gasteiger partial charge in [-0.15, -0.1) is 0 Å². The zero-order valence-corrected chi connectivity index (χ0v) is 9.18. The fourth-order valence-corrected chi connectivity index (χ4v) is 1.83. The predicted molar refractivity (Wildman–Crippen MR) is 52.8 cm³/mol. The van der Waals surface area contributed by atoms with E-state index in [9.17, 15) is 0 Å². The summed E-state index contributed by atoms with van der Waals surface area (Å²) >= 11 is 3.47. The van der Waals surface area contributed by atoms with Crippen molar-refractivity contribution in [1.82, 2.24) is 0 Å². The minimum Gasteiger partial charge on any atom is -0.379 e. The lowest BCUT2D eigenvalue weighted by molar-refractivity contribution is 0.0255. The first-order valence-electron chi connectivity index (χ1n) is 4.62. The van der Waals surface area contributed by atoms with Gasteiger partial charge in [0.05, 0.1) is 19.3 Å². The van der Waals surface area contributed by atoms with Gasteiger partial charge in [0.2, 0.25) is 0 Å². The van der Waals surface area contributed by atoms with E-state index in [4.69, 9.17) is 9.47 Å². The summed E-state index contributed by atoms with van der Waals surface area (Å²) in [6.07, 6.45) is 2.61. The van der Waals surface area contributed by atoms with Crippen LogP contribution in [0.25, 0.3) is 0 Å². The molecule has 1 aliphatic rings. The highest BCUT2D eigenvalue weighted by atomic mass is 79.9. The lowest BCUT2D eigenvalue weighted by Crippen LogP contribution is -2.18. The molecule has 12 heavy (non-hydrogen) atoms. The third kappa shape index (κ3) is 3.42. The lowest BCUT2D eigenvalue weighted by Gasteiger charge is -2.15. The topological polar surface area (TPSA) is 18.5 Å². The van der Waals surface area contributed by atoms with Crippen molar-refractivity contribution in [3.8, 4) is 0 Å². The number of alkyl halides is 1. The Morgan fingerprint density at radius 2 is 2.50 bits per heavy atom. The molecule has 0 amide bonds. The molecule has 0 aromatic carbocycles. The third-order valence-corrected chi connectivity index (χ3v) is 3.17. The van der Waals surface area contributed by atoms with Crippen LogP contribution in [-0.4, -0.2) is 31.3 Å². The molecule has 1 saturated heterocycles. The molecule has 3 heteroatoms. The molecule has 0 saturated carbocycles. The molecule has 2 unspecified atom stereocenters. The van der Waals surface area contributed by atoms with E-state index in [1.54, 1.807) is 0 Å². The second kappa shape index (κ2) is 5.95. The maximum Gasteiger partial charge on any atom is 0.0830 e. The van der Waals surface area contributed by atoms with Gasteiger partial charge in [-0.2, -0.15) is 0 Å². The number of halogens is 1. The Morgan fingerprint density at radius 1 is 1.67 bits per heavy atom. The molecule has 1 aliphatic heterocycles. The van der Waals surface area contributed by atoms with Crippen molar-refractivity contribution in [2.24, 2.45) is 5.92 Å². The Labute approximate surface area is 82.7 Å². The molecule has 0 aromatic heterocycles. The van der Waals surface area contributed by atoms with Crippen LogP contribution in [0, 0.1) is 5.92 Å². The van der Waals surface area contributed by atoms with Crippen LogP contribution in [0.3, 0.4) is 0 Å². The SMILES string of the molecule is CCC(CBr)COC1CCOC1. The molecule has 0 aromatic rings. The highest BCUT2D eigenvalue weighted by Gasteiger charge is 2.17. The summed E-state index contributed by atoms with van der Waals surface area (Å²) < 4.78 is 10.9.